The molecule has 0 saturated heterocycles. The van der Waals surface area contributed by atoms with E-state index in [4.69, 9.17) is 0 Å². The Kier molecular flexibility index (Phi) is 20.0. The van der Waals surface area contributed by atoms with Crippen molar-refractivity contribution in [1.29, 1.82) is 0 Å². The molecule has 0 nitrogen and oxygen atoms in total. The van der Waals surface area contributed by atoms with Gasteiger partial charge in [0.25, 0.3) is 0 Å². The summed E-state index contributed by atoms with van der Waals surface area (Å²) in [6.45, 7) is 9.97. The van der Waals surface area contributed by atoms with E-state index < -0.39 is 0 Å². The van der Waals surface area contributed by atoms with Gasteiger partial charge >= 0.3 is 0 Å². The van der Waals surface area contributed by atoms with Crippen LogP contribution in [0.15, 0.2) is 0 Å². The Morgan fingerprint density at radius 1 is 0.436 bits per heavy atom. The molecule has 0 aromatic heterocycles. The molecule has 0 bridgehead atoms. The number of thioether (sulfide) groups is 1. The Bertz CT molecular complexity index is 509. The van der Waals surface area contributed by atoms with Gasteiger partial charge < -0.3 is 0 Å². The van der Waals surface area contributed by atoms with E-state index in [0.29, 0.717) is 9.49 Å². The van der Waals surface area contributed by atoms with Crippen molar-refractivity contribution in [2.75, 3.05) is 0 Å². The Morgan fingerprint density at radius 2 is 0.744 bits per heavy atom. The van der Waals surface area contributed by atoms with Gasteiger partial charge in [-0.3, -0.25) is 0 Å². The predicted molar refractivity (Wildman–Crippen MR) is 181 cm³/mol. The second kappa shape index (κ2) is 22.0. The van der Waals surface area contributed by atoms with Gasteiger partial charge in [0.05, 0.1) is 0 Å². The Hall–Kier alpha value is 0.350. The Labute approximate surface area is 252 Å². The van der Waals surface area contributed by atoms with Crippen LogP contribution in [0.3, 0.4) is 0 Å². The highest BCUT2D eigenvalue weighted by Gasteiger charge is 2.48. The lowest BCUT2D eigenvalue weighted by atomic mass is 9.75. The molecule has 4 unspecified atom stereocenters. The SMILES string of the molecule is CCCCCCCCCCCCC1(SC2(CCCCCCCCCCCC)CCCCC2C)CCCCC1C. The van der Waals surface area contributed by atoms with Crippen LogP contribution in [0.5, 0.6) is 0 Å². The zero-order valence-electron chi connectivity index (χ0n) is 27.8. The fourth-order valence-electron chi connectivity index (χ4n) is 8.14. The molecular weight excluding hydrogens is 488 g/mol. The monoisotopic (exact) mass is 563 g/mol. The van der Waals surface area contributed by atoms with Gasteiger partial charge in [-0.2, -0.15) is 0 Å². The maximum atomic E-state index is 2.66. The van der Waals surface area contributed by atoms with Crippen molar-refractivity contribution in [3.8, 4) is 0 Å². The van der Waals surface area contributed by atoms with E-state index in [0.717, 1.165) is 11.8 Å². The second-order valence-corrected chi connectivity index (χ2v) is 16.2. The predicted octanol–water partition coefficient (Wildman–Crippen LogP) is 14.2. The molecule has 1 heteroatoms. The number of rotatable bonds is 24. The minimum atomic E-state index is 0.586. The largest absolute Gasteiger partial charge is 0.148 e. The highest BCUT2D eigenvalue weighted by Crippen LogP contribution is 2.58. The molecule has 2 aliphatic carbocycles. The molecule has 0 spiro atoms. The molecule has 4 atom stereocenters. The van der Waals surface area contributed by atoms with Crippen molar-refractivity contribution < 1.29 is 0 Å². The van der Waals surface area contributed by atoms with E-state index in [1.54, 1.807) is 0 Å². The van der Waals surface area contributed by atoms with Gasteiger partial charge in [0.15, 0.2) is 0 Å². The second-order valence-electron chi connectivity index (χ2n) is 14.4. The van der Waals surface area contributed by atoms with Crippen LogP contribution in [0.1, 0.15) is 220 Å². The summed E-state index contributed by atoms with van der Waals surface area (Å²) in [6.07, 6.45) is 44.4. The van der Waals surface area contributed by atoms with Crippen molar-refractivity contribution in [3.63, 3.8) is 0 Å². The van der Waals surface area contributed by atoms with Crippen LogP contribution in [-0.4, -0.2) is 9.49 Å². The zero-order valence-corrected chi connectivity index (χ0v) is 28.6. The van der Waals surface area contributed by atoms with Gasteiger partial charge in [-0.15, -0.1) is 11.8 Å². The minimum Gasteiger partial charge on any atom is -0.148 e. The van der Waals surface area contributed by atoms with Crippen LogP contribution in [0.25, 0.3) is 0 Å². The molecule has 0 heterocycles. The summed E-state index contributed by atoms with van der Waals surface area (Å²) in [5.41, 5.74) is 0. The van der Waals surface area contributed by atoms with E-state index in [2.05, 4.69) is 39.5 Å². The first kappa shape index (κ1) is 35.5. The first-order valence-corrected chi connectivity index (χ1v) is 19.6. The summed E-state index contributed by atoms with van der Waals surface area (Å²) >= 11 is 2.61. The molecule has 0 radical (unpaired) electrons. The molecule has 39 heavy (non-hydrogen) atoms. The van der Waals surface area contributed by atoms with Gasteiger partial charge in [0.1, 0.15) is 0 Å². The van der Waals surface area contributed by atoms with E-state index in [1.807, 2.05) is 0 Å². The molecule has 2 rings (SSSR count). The highest BCUT2D eigenvalue weighted by atomic mass is 32.2. The molecule has 0 aromatic rings. The fourth-order valence-corrected chi connectivity index (χ4v) is 10.6. The van der Waals surface area contributed by atoms with Gasteiger partial charge in [0, 0.05) is 9.49 Å². The highest BCUT2D eigenvalue weighted by molar-refractivity contribution is 8.02. The van der Waals surface area contributed by atoms with Crippen molar-refractivity contribution in [2.24, 2.45) is 11.8 Å². The maximum absolute atomic E-state index is 2.66. The van der Waals surface area contributed by atoms with Gasteiger partial charge in [-0.1, -0.05) is 182 Å². The molecule has 0 N–H and O–H groups in total. The first-order valence-electron chi connectivity index (χ1n) is 18.8. The summed E-state index contributed by atoms with van der Waals surface area (Å²) in [6, 6.07) is 0. The molecule has 232 valence electrons. The lowest BCUT2D eigenvalue weighted by Gasteiger charge is -2.52. The Balaban J connectivity index is 1.81. The summed E-state index contributed by atoms with van der Waals surface area (Å²) in [4.78, 5) is 0. The lowest BCUT2D eigenvalue weighted by Crippen LogP contribution is -2.46. The third-order valence-corrected chi connectivity index (χ3v) is 13.5. The minimum absolute atomic E-state index is 0.586. The number of unbranched alkanes of at least 4 members (excludes halogenated alkanes) is 18. The summed E-state index contributed by atoms with van der Waals surface area (Å²) in [5, 5.41) is 0. The molecule has 0 aromatic carbocycles. The molecule has 0 amide bonds. The maximum Gasteiger partial charge on any atom is 0.0191 e. The fraction of sp³-hybridized carbons (Fsp3) is 1.00. The van der Waals surface area contributed by atoms with Crippen LogP contribution in [0.4, 0.5) is 0 Å². The summed E-state index contributed by atoms with van der Waals surface area (Å²) in [7, 11) is 0. The molecule has 2 saturated carbocycles. The molecule has 2 aliphatic rings. The topological polar surface area (TPSA) is 0 Å². The molecule has 2 fully saturated rings. The van der Waals surface area contributed by atoms with Crippen LogP contribution in [0.2, 0.25) is 0 Å². The van der Waals surface area contributed by atoms with Crippen molar-refractivity contribution in [1.82, 2.24) is 0 Å². The average Bonchev–Trinajstić information content (AvgIpc) is 2.94. The molecule has 0 aliphatic heterocycles. The van der Waals surface area contributed by atoms with Crippen LogP contribution >= 0.6 is 11.8 Å². The quantitative estimate of drug-likeness (QED) is 0.105. The van der Waals surface area contributed by atoms with E-state index in [9.17, 15) is 0 Å². The number of hydrogen-bond donors (Lipinski definition) is 0. The summed E-state index contributed by atoms with van der Waals surface area (Å²) < 4.78 is 1.17. The van der Waals surface area contributed by atoms with Crippen LogP contribution in [0, 0.1) is 11.8 Å². The normalized spacial score (nSPS) is 27.7. The number of hydrogen-bond acceptors (Lipinski definition) is 1. The van der Waals surface area contributed by atoms with E-state index in [1.165, 1.54) is 193 Å². The van der Waals surface area contributed by atoms with Crippen LogP contribution < -0.4 is 0 Å². The van der Waals surface area contributed by atoms with Crippen molar-refractivity contribution >= 4 is 11.8 Å². The van der Waals surface area contributed by atoms with E-state index in [-0.39, 0.29) is 0 Å². The van der Waals surface area contributed by atoms with Crippen molar-refractivity contribution in [3.05, 3.63) is 0 Å². The zero-order chi connectivity index (χ0) is 28.1. The third-order valence-electron chi connectivity index (χ3n) is 11.1. The smallest absolute Gasteiger partial charge is 0.0191 e. The van der Waals surface area contributed by atoms with Gasteiger partial charge in [-0.25, -0.2) is 0 Å². The molecular formula is C38H74S. The standard InChI is InChI=1S/C38H74S/c1-5-7-9-11-13-15-17-19-21-25-31-37(33-27-23-29-35(37)3)39-38(34-28-24-30-36(38)4)32-26-22-20-18-16-14-12-10-8-6-2/h35-36H,5-34H2,1-4H3. The summed E-state index contributed by atoms with van der Waals surface area (Å²) in [5.74, 6) is 1.85. The third kappa shape index (κ3) is 13.9. The van der Waals surface area contributed by atoms with Crippen molar-refractivity contribution in [2.45, 2.75) is 230 Å². The average molecular weight is 563 g/mol. The Morgan fingerprint density at radius 3 is 1.05 bits per heavy atom. The van der Waals surface area contributed by atoms with E-state index >= 15 is 0 Å². The van der Waals surface area contributed by atoms with Crippen LogP contribution in [-0.2, 0) is 0 Å². The lowest BCUT2D eigenvalue weighted by molar-refractivity contribution is 0.242. The van der Waals surface area contributed by atoms with Gasteiger partial charge in [0.2, 0.25) is 0 Å². The first-order chi connectivity index (χ1) is 19.1. The van der Waals surface area contributed by atoms with Gasteiger partial charge in [-0.05, 0) is 50.4 Å².